The third-order valence-electron chi connectivity index (χ3n) is 3.21. The minimum atomic E-state index is 0.00661. The Morgan fingerprint density at radius 3 is 2.79 bits per heavy atom. The monoisotopic (exact) mass is 379 g/mol. The van der Waals surface area contributed by atoms with E-state index < -0.39 is 0 Å². The molecule has 1 aromatic carbocycles. The van der Waals surface area contributed by atoms with Crippen LogP contribution in [0.25, 0.3) is 5.69 Å². The molecule has 0 unspecified atom stereocenters. The largest absolute Gasteiger partial charge is 0.340 e. The highest BCUT2D eigenvalue weighted by atomic mass is 35.5. The maximum absolute atomic E-state index is 12.3. The number of nitrogens with zero attached hydrogens (tertiary/aromatic N) is 5. The van der Waals surface area contributed by atoms with Crippen molar-refractivity contribution in [2.75, 3.05) is 12.8 Å². The van der Waals surface area contributed by atoms with Crippen LogP contribution in [0.5, 0.6) is 0 Å². The van der Waals surface area contributed by atoms with Crippen LogP contribution in [0.4, 0.5) is 0 Å². The Hall–Kier alpha value is -1.90. The van der Waals surface area contributed by atoms with Gasteiger partial charge in [-0.25, -0.2) is 0 Å². The topological polar surface area (TPSA) is 63.9 Å². The molecule has 0 spiro atoms. The number of carbonyl (C=O) groups excluding carboxylic acids is 1. The number of carbonyl (C=O) groups is 1. The highest BCUT2D eigenvalue weighted by molar-refractivity contribution is 7.99. The lowest BCUT2D eigenvalue weighted by atomic mass is 10.3. The standard InChI is InChI=1S/C15H14ClN5OS2/c1-20(9-12-7-8-13(16)24-12)14(22)10-23-15-17-18-19-21(15)11-5-3-2-4-6-11/h2-8H,9-10H2,1H3. The van der Waals surface area contributed by atoms with Crippen LogP contribution in [-0.2, 0) is 11.3 Å². The summed E-state index contributed by atoms with van der Waals surface area (Å²) in [6.07, 6.45) is 0. The molecule has 2 heterocycles. The van der Waals surface area contributed by atoms with Gasteiger partial charge in [-0.05, 0) is 34.7 Å². The first-order valence-electron chi connectivity index (χ1n) is 7.08. The van der Waals surface area contributed by atoms with Gasteiger partial charge in [0.2, 0.25) is 11.1 Å². The van der Waals surface area contributed by atoms with Crippen LogP contribution in [0.2, 0.25) is 4.34 Å². The van der Waals surface area contributed by atoms with Crippen LogP contribution in [0, 0.1) is 0 Å². The van der Waals surface area contributed by atoms with Crippen molar-refractivity contribution in [3.05, 3.63) is 51.7 Å². The van der Waals surface area contributed by atoms with Gasteiger partial charge in [-0.1, -0.05) is 41.6 Å². The van der Waals surface area contributed by atoms with Gasteiger partial charge in [-0.15, -0.1) is 16.4 Å². The lowest BCUT2D eigenvalue weighted by Crippen LogP contribution is -2.27. The van der Waals surface area contributed by atoms with Crippen molar-refractivity contribution in [2.24, 2.45) is 0 Å². The van der Waals surface area contributed by atoms with Crippen LogP contribution < -0.4 is 0 Å². The third-order valence-corrected chi connectivity index (χ3v) is 5.33. The van der Waals surface area contributed by atoms with E-state index in [1.165, 1.54) is 23.1 Å². The number of hydrogen-bond donors (Lipinski definition) is 0. The first kappa shape index (κ1) is 16.9. The van der Waals surface area contributed by atoms with E-state index in [4.69, 9.17) is 11.6 Å². The second-order valence-corrected chi connectivity index (χ2v) is 7.70. The van der Waals surface area contributed by atoms with Crippen molar-refractivity contribution < 1.29 is 4.79 Å². The number of halogens is 1. The van der Waals surface area contributed by atoms with E-state index in [2.05, 4.69) is 15.5 Å². The summed E-state index contributed by atoms with van der Waals surface area (Å²) < 4.78 is 2.35. The SMILES string of the molecule is CN(Cc1ccc(Cl)s1)C(=O)CSc1nnnn1-c1ccccc1. The van der Waals surface area contributed by atoms with Gasteiger partial charge in [-0.2, -0.15) is 4.68 Å². The molecule has 1 amide bonds. The number of hydrogen-bond acceptors (Lipinski definition) is 6. The first-order valence-corrected chi connectivity index (χ1v) is 9.26. The van der Waals surface area contributed by atoms with Crippen LogP contribution in [-0.4, -0.2) is 43.8 Å². The molecule has 0 aliphatic carbocycles. The van der Waals surface area contributed by atoms with E-state index in [1.807, 2.05) is 42.5 Å². The summed E-state index contributed by atoms with van der Waals surface area (Å²) in [6.45, 7) is 0.542. The Kier molecular flexibility index (Phi) is 5.49. The lowest BCUT2D eigenvalue weighted by Gasteiger charge is -2.15. The minimum Gasteiger partial charge on any atom is -0.340 e. The van der Waals surface area contributed by atoms with Crippen LogP contribution in [0.15, 0.2) is 47.6 Å². The number of thioether (sulfide) groups is 1. The molecule has 0 N–H and O–H groups in total. The minimum absolute atomic E-state index is 0.00661. The van der Waals surface area contributed by atoms with Crippen molar-refractivity contribution >= 4 is 40.6 Å². The molecule has 0 saturated carbocycles. The van der Waals surface area contributed by atoms with Gasteiger partial charge in [0.25, 0.3) is 0 Å². The van der Waals surface area contributed by atoms with E-state index >= 15 is 0 Å². The summed E-state index contributed by atoms with van der Waals surface area (Å²) in [5.41, 5.74) is 0.860. The fourth-order valence-corrected chi connectivity index (χ4v) is 3.97. The number of para-hydroxylation sites is 1. The molecule has 24 heavy (non-hydrogen) atoms. The maximum Gasteiger partial charge on any atom is 0.233 e. The molecule has 0 aliphatic heterocycles. The van der Waals surface area contributed by atoms with E-state index in [0.717, 1.165) is 14.9 Å². The zero-order valence-corrected chi connectivity index (χ0v) is 15.2. The molecule has 0 radical (unpaired) electrons. The number of benzene rings is 1. The van der Waals surface area contributed by atoms with E-state index in [1.54, 1.807) is 16.6 Å². The molecule has 0 bridgehead atoms. The molecule has 0 atom stereocenters. The molecule has 0 saturated heterocycles. The maximum atomic E-state index is 12.3. The van der Waals surface area contributed by atoms with Crippen LogP contribution in [0.3, 0.4) is 0 Å². The fourth-order valence-electron chi connectivity index (χ4n) is 2.00. The van der Waals surface area contributed by atoms with Gasteiger partial charge >= 0.3 is 0 Å². The van der Waals surface area contributed by atoms with Crippen molar-refractivity contribution in [3.63, 3.8) is 0 Å². The number of amides is 1. The van der Waals surface area contributed by atoms with E-state index in [0.29, 0.717) is 11.7 Å². The molecule has 9 heteroatoms. The molecule has 0 fully saturated rings. The van der Waals surface area contributed by atoms with Crippen molar-refractivity contribution in [2.45, 2.75) is 11.7 Å². The van der Waals surface area contributed by atoms with E-state index in [-0.39, 0.29) is 11.7 Å². The third kappa shape index (κ3) is 4.14. The van der Waals surface area contributed by atoms with Gasteiger partial charge in [0.15, 0.2) is 0 Å². The molecule has 124 valence electrons. The van der Waals surface area contributed by atoms with Crippen molar-refractivity contribution in [1.29, 1.82) is 0 Å². The van der Waals surface area contributed by atoms with E-state index in [9.17, 15) is 4.79 Å². The fraction of sp³-hybridized carbons (Fsp3) is 0.200. The van der Waals surface area contributed by atoms with Gasteiger partial charge in [0.1, 0.15) is 0 Å². The number of thiophene rings is 1. The smallest absolute Gasteiger partial charge is 0.233 e. The average Bonchev–Trinajstić information content (AvgIpc) is 3.22. The van der Waals surface area contributed by atoms with Gasteiger partial charge < -0.3 is 4.90 Å². The van der Waals surface area contributed by atoms with Crippen molar-refractivity contribution in [3.8, 4) is 5.69 Å². The molecular weight excluding hydrogens is 366 g/mol. The molecule has 6 nitrogen and oxygen atoms in total. The second kappa shape index (κ2) is 7.78. The molecule has 2 aromatic heterocycles. The summed E-state index contributed by atoms with van der Waals surface area (Å²) in [7, 11) is 1.77. The number of aromatic nitrogens is 4. The van der Waals surface area contributed by atoms with Crippen LogP contribution in [0.1, 0.15) is 4.88 Å². The molecule has 3 aromatic rings. The Labute approximate surface area is 152 Å². The summed E-state index contributed by atoms with van der Waals surface area (Å²) in [4.78, 5) is 15.0. The second-order valence-electron chi connectivity index (χ2n) is 4.95. The number of tetrazole rings is 1. The number of rotatable bonds is 6. The Balaban J connectivity index is 1.60. The Morgan fingerprint density at radius 2 is 2.08 bits per heavy atom. The Bertz CT molecular complexity index is 820. The Morgan fingerprint density at radius 1 is 1.29 bits per heavy atom. The first-order chi connectivity index (χ1) is 11.6. The average molecular weight is 380 g/mol. The predicted octanol–water partition coefficient (Wildman–Crippen LogP) is 3.13. The molecular formula is C15H14ClN5OS2. The highest BCUT2D eigenvalue weighted by Crippen LogP contribution is 2.23. The zero-order valence-electron chi connectivity index (χ0n) is 12.8. The molecule has 3 rings (SSSR count). The summed E-state index contributed by atoms with van der Waals surface area (Å²) in [5, 5.41) is 12.2. The van der Waals surface area contributed by atoms with Gasteiger partial charge in [0.05, 0.1) is 22.3 Å². The highest BCUT2D eigenvalue weighted by Gasteiger charge is 2.15. The lowest BCUT2D eigenvalue weighted by molar-refractivity contribution is -0.127. The van der Waals surface area contributed by atoms with Gasteiger partial charge in [-0.3, -0.25) is 4.79 Å². The normalized spacial score (nSPS) is 10.8. The van der Waals surface area contributed by atoms with Crippen molar-refractivity contribution in [1.82, 2.24) is 25.1 Å². The quantitative estimate of drug-likeness (QED) is 0.616. The summed E-state index contributed by atoms with van der Waals surface area (Å²) >= 11 is 8.70. The predicted molar refractivity (Wildman–Crippen MR) is 95.7 cm³/mol. The van der Waals surface area contributed by atoms with Crippen LogP contribution >= 0.6 is 34.7 Å². The summed E-state index contributed by atoms with van der Waals surface area (Å²) in [5.74, 6) is 0.273. The summed E-state index contributed by atoms with van der Waals surface area (Å²) in [6, 6.07) is 13.3. The molecule has 0 aliphatic rings. The van der Waals surface area contributed by atoms with Gasteiger partial charge in [0, 0.05) is 11.9 Å². The zero-order chi connectivity index (χ0) is 16.9.